The molecular weight excluding hydrogens is 371 g/mol. The van der Waals surface area contributed by atoms with Crippen molar-refractivity contribution in [3.63, 3.8) is 0 Å². The van der Waals surface area contributed by atoms with Crippen LogP contribution < -0.4 is 10.0 Å². The van der Waals surface area contributed by atoms with Gasteiger partial charge in [-0.05, 0) is 30.2 Å². The van der Waals surface area contributed by atoms with Crippen LogP contribution in [-0.2, 0) is 9.59 Å². The lowest BCUT2D eigenvalue weighted by molar-refractivity contribution is -0.858. The summed E-state index contributed by atoms with van der Waals surface area (Å²) in [7, 11) is 4.04. The number of quaternary nitrogens is 1. The Morgan fingerprint density at radius 2 is 1.69 bits per heavy atom. The molecule has 3 rings (SSSR count). The molecule has 152 valence electrons. The van der Waals surface area contributed by atoms with E-state index in [2.05, 4.69) is 0 Å². The van der Waals surface area contributed by atoms with Crippen LogP contribution in [0.5, 0.6) is 0 Å². The number of carbonyl (C=O) groups is 2. The Morgan fingerprint density at radius 1 is 1.07 bits per heavy atom. The second-order valence-corrected chi connectivity index (χ2v) is 7.70. The van der Waals surface area contributed by atoms with E-state index < -0.39 is 29.3 Å². The molecule has 6 heteroatoms. The molecule has 0 radical (unpaired) electrons. The van der Waals surface area contributed by atoms with Crippen LogP contribution in [-0.4, -0.2) is 43.8 Å². The first-order valence-electron chi connectivity index (χ1n) is 9.67. The number of halogens is 1. The van der Waals surface area contributed by atoms with Crippen molar-refractivity contribution in [3.8, 4) is 0 Å². The molecule has 1 unspecified atom stereocenters. The molecule has 1 saturated heterocycles. The topological polar surface area (TPSA) is 64.9 Å². The summed E-state index contributed by atoms with van der Waals surface area (Å²) in [6.45, 7) is 3.16. The van der Waals surface area contributed by atoms with Crippen LogP contribution in [0.3, 0.4) is 0 Å². The summed E-state index contributed by atoms with van der Waals surface area (Å²) in [6, 6.07) is 11.8. The van der Waals surface area contributed by atoms with E-state index in [4.69, 9.17) is 0 Å². The third kappa shape index (κ3) is 4.38. The molecule has 1 aliphatic heterocycles. The first-order chi connectivity index (χ1) is 13.8. The van der Waals surface area contributed by atoms with E-state index in [-0.39, 0.29) is 11.1 Å². The highest BCUT2D eigenvalue weighted by atomic mass is 19.1. The fourth-order valence-corrected chi connectivity index (χ4v) is 3.56. The maximum Gasteiger partial charge on any atom is 0.295 e. The van der Waals surface area contributed by atoms with Crippen LogP contribution in [0.25, 0.3) is 5.76 Å². The van der Waals surface area contributed by atoms with E-state index in [0.717, 1.165) is 17.7 Å². The molecule has 2 aromatic carbocycles. The Hall–Kier alpha value is -2.99. The predicted molar refractivity (Wildman–Crippen MR) is 106 cm³/mol. The van der Waals surface area contributed by atoms with Gasteiger partial charge in [-0.25, -0.2) is 4.39 Å². The molecule has 1 atom stereocenters. The first-order valence-corrected chi connectivity index (χ1v) is 9.67. The van der Waals surface area contributed by atoms with Gasteiger partial charge in [-0.15, -0.1) is 0 Å². The van der Waals surface area contributed by atoms with E-state index in [9.17, 15) is 19.1 Å². The molecule has 0 spiro atoms. The maximum atomic E-state index is 13.3. The molecule has 0 aromatic heterocycles. The van der Waals surface area contributed by atoms with E-state index >= 15 is 0 Å². The van der Waals surface area contributed by atoms with Crippen molar-refractivity contribution in [2.75, 3.05) is 27.2 Å². The molecule has 1 aliphatic rings. The molecule has 29 heavy (non-hydrogen) atoms. The number of aryl methyl sites for hydroxylation is 1. The number of likely N-dealkylation sites (tertiary alicyclic amines) is 1. The van der Waals surface area contributed by atoms with E-state index in [1.54, 1.807) is 0 Å². The van der Waals surface area contributed by atoms with Crippen molar-refractivity contribution in [3.05, 3.63) is 76.6 Å². The molecular formula is C23H25FN2O3. The number of ketones is 1. The maximum absolute atomic E-state index is 13.3. The van der Waals surface area contributed by atoms with Gasteiger partial charge in [-0.3, -0.25) is 9.59 Å². The summed E-state index contributed by atoms with van der Waals surface area (Å²) < 4.78 is 13.3. The fraction of sp³-hybridized carbons (Fsp3) is 0.304. The molecule has 0 bridgehead atoms. The molecule has 1 amide bonds. The van der Waals surface area contributed by atoms with Gasteiger partial charge in [0, 0.05) is 18.5 Å². The van der Waals surface area contributed by atoms with Crippen molar-refractivity contribution in [2.45, 2.75) is 19.4 Å². The number of nitrogens with zero attached hydrogens (tertiary/aromatic N) is 1. The summed E-state index contributed by atoms with van der Waals surface area (Å²) in [4.78, 5) is 28.3. The number of rotatable bonds is 6. The standard InChI is InChI=1S/C23H25FN2O3/c1-15-5-7-16(8-6-15)20-19(21(27)17-9-11-18(24)12-10-17)22(28)23(29)26(20)14-4-13-25(2)3/h5-12,20,27H,4,13-14H2,1-3H3. The lowest BCUT2D eigenvalue weighted by atomic mass is 9.94. The quantitative estimate of drug-likeness (QED) is 0.448. The second-order valence-electron chi connectivity index (χ2n) is 7.70. The van der Waals surface area contributed by atoms with Crippen LogP contribution >= 0.6 is 0 Å². The molecule has 0 aliphatic carbocycles. The van der Waals surface area contributed by atoms with Crippen LogP contribution in [0.15, 0.2) is 54.1 Å². The molecule has 0 saturated carbocycles. The van der Waals surface area contributed by atoms with E-state index in [0.29, 0.717) is 13.0 Å². The predicted octanol–water partition coefficient (Wildman–Crippen LogP) is 0.893. The molecule has 2 aromatic rings. The van der Waals surface area contributed by atoms with Gasteiger partial charge in [-0.2, -0.15) is 0 Å². The highest BCUT2D eigenvalue weighted by Gasteiger charge is 2.43. The Morgan fingerprint density at radius 3 is 2.28 bits per heavy atom. The van der Waals surface area contributed by atoms with Crippen LogP contribution in [0, 0.1) is 12.7 Å². The summed E-state index contributed by atoms with van der Waals surface area (Å²) in [6.07, 6.45) is 0.710. The Labute approximate surface area is 170 Å². The number of hydrogen-bond acceptors (Lipinski definition) is 3. The number of hydrogen-bond donors (Lipinski definition) is 1. The number of carbonyl (C=O) groups excluding carboxylic acids is 2. The minimum Gasteiger partial charge on any atom is -0.872 e. The van der Waals surface area contributed by atoms with Crippen molar-refractivity contribution < 1.29 is 24.0 Å². The molecule has 5 nitrogen and oxygen atoms in total. The third-order valence-electron chi connectivity index (χ3n) is 5.10. The van der Waals surface area contributed by atoms with Gasteiger partial charge < -0.3 is 14.9 Å². The number of nitrogens with one attached hydrogen (secondary N) is 1. The van der Waals surface area contributed by atoms with Gasteiger partial charge in [0.05, 0.1) is 26.7 Å². The van der Waals surface area contributed by atoms with Gasteiger partial charge >= 0.3 is 0 Å². The van der Waals surface area contributed by atoms with Crippen molar-refractivity contribution in [1.82, 2.24) is 4.90 Å². The lowest BCUT2D eigenvalue weighted by Gasteiger charge is -2.27. The number of Topliss-reactive ketones (excluding diaryl/α,β-unsaturated/α-hetero) is 1. The van der Waals surface area contributed by atoms with E-state index in [1.807, 2.05) is 45.3 Å². The van der Waals surface area contributed by atoms with Gasteiger partial charge in [0.15, 0.2) is 0 Å². The average molecular weight is 396 g/mol. The zero-order valence-electron chi connectivity index (χ0n) is 16.9. The zero-order valence-corrected chi connectivity index (χ0v) is 16.9. The smallest absolute Gasteiger partial charge is 0.295 e. The molecule has 1 fully saturated rings. The first kappa shape index (κ1) is 20.7. The summed E-state index contributed by atoms with van der Waals surface area (Å²) in [5, 5.41) is 13.1. The minimum atomic E-state index is -0.776. The molecule has 1 N–H and O–H groups in total. The van der Waals surface area contributed by atoms with E-state index in [1.165, 1.54) is 34.1 Å². The molecule has 1 heterocycles. The highest BCUT2D eigenvalue weighted by Crippen LogP contribution is 2.38. The third-order valence-corrected chi connectivity index (χ3v) is 5.10. The van der Waals surface area contributed by atoms with Gasteiger partial charge in [0.25, 0.3) is 5.91 Å². The minimum absolute atomic E-state index is 0.0670. The lowest BCUT2D eigenvalue weighted by Crippen LogP contribution is -3.05. The van der Waals surface area contributed by atoms with Crippen LogP contribution in [0.2, 0.25) is 0 Å². The highest BCUT2D eigenvalue weighted by molar-refractivity contribution is 6.46. The normalized spacial score (nSPS) is 18.7. The van der Waals surface area contributed by atoms with Gasteiger partial charge in [-0.1, -0.05) is 47.7 Å². The Balaban J connectivity index is 2.07. The van der Waals surface area contributed by atoms with Crippen molar-refractivity contribution in [2.24, 2.45) is 0 Å². The van der Waals surface area contributed by atoms with Crippen LogP contribution in [0.1, 0.15) is 29.2 Å². The zero-order chi connectivity index (χ0) is 21.1. The Kier molecular flexibility index (Phi) is 6.13. The van der Waals surface area contributed by atoms with Crippen LogP contribution in [0.4, 0.5) is 4.39 Å². The summed E-state index contributed by atoms with van der Waals surface area (Å²) >= 11 is 0. The SMILES string of the molecule is Cc1ccc(C2C(=C([O-])c3ccc(F)cc3)C(=O)C(=O)N2CCC[NH+](C)C)cc1. The fourth-order valence-electron chi connectivity index (χ4n) is 3.56. The van der Waals surface area contributed by atoms with Gasteiger partial charge in [0.1, 0.15) is 5.82 Å². The average Bonchev–Trinajstić information content (AvgIpc) is 2.93. The van der Waals surface area contributed by atoms with Gasteiger partial charge in [0.2, 0.25) is 5.78 Å². The monoisotopic (exact) mass is 396 g/mol. The summed E-state index contributed by atoms with van der Waals surface area (Å²) in [5.74, 6) is -2.44. The summed E-state index contributed by atoms with van der Waals surface area (Å²) in [5.41, 5.74) is 1.89. The Bertz CT molecular complexity index is 934. The number of benzene rings is 2. The van der Waals surface area contributed by atoms with Crippen molar-refractivity contribution in [1.29, 1.82) is 0 Å². The second kappa shape index (κ2) is 8.57. The largest absolute Gasteiger partial charge is 0.872 e. The number of amides is 1. The van der Waals surface area contributed by atoms with Crippen molar-refractivity contribution >= 4 is 17.4 Å².